The number of aliphatic hydroxyl groups is 1. The van der Waals surface area contributed by atoms with Crippen molar-refractivity contribution in [1.82, 2.24) is 19.7 Å². The molecule has 2 aromatic rings. The summed E-state index contributed by atoms with van der Waals surface area (Å²) in [6.07, 6.45) is 3.72. The lowest BCUT2D eigenvalue weighted by Gasteiger charge is -2.27. The molecule has 0 aromatic carbocycles. The molecule has 9 nitrogen and oxygen atoms in total. The van der Waals surface area contributed by atoms with Gasteiger partial charge >= 0.3 is 0 Å². The molecule has 2 aromatic heterocycles. The predicted octanol–water partition coefficient (Wildman–Crippen LogP) is 0.357. The monoisotopic (exact) mass is 395 g/mol. The number of fused-ring (bicyclic) bond motifs is 1. The molecule has 3 rings (SSSR count). The Morgan fingerprint density at radius 3 is 2.78 bits per heavy atom. The average Bonchev–Trinajstić information content (AvgIpc) is 3.07. The van der Waals surface area contributed by atoms with Crippen molar-refractivity contribution in [2.45, 2.75) is 24.9 Å². The molecule has 1 N–H and O–H groups in total. The van der Waals surface area contributed by atoms with E-state index in [-0.39, 0.29) is 22.6 Å². The number of hydrogen-bond donors (Lipinski definition) is 1. The summed E-state index contributed by atoms with van der Waals surface area (Å²) in [6.45, 7) is 1.70. The van der Waals surface area contributed by atoms with Crippen molar-refractivity contribution in [1.29, 1.82) is 0 Å². The lowest BCUT2D eigenvalue weighted by atomic mass is 10.2. The van der Waals surface area contributed by atoms with Crippen LogP contribution in [0.25, 0.3) is 0 Å². The summed E-state index contributed by atoms with van der Waals surface area (Å²) in [5.41, 5.74) is 0.710. The molecule has 1 aliphatic rings. The minimum absolute atomic E-state index is 0.0293. The third kappa shape index (κ3) is 3.74. The van der Waals surface area contributed by atoms with Crippen molar-refractivity contribution in [3.63, 3.8) is 0 Å². The highest BCUT2D eigenvalue weighted by atomic mass is 32.2. The van der Waals surface area contributed by atoms with E-state index in [0.717, 1.165) is 6.20 Å². The second-order valence-corrected chi connectivity index (χ2v) is 8.41. The molecule has 2 amide bonds. The summed E-state index contributed by atoms with van der Waals surface area (Å²) < 4.78 is 31.8. The molecule has 0 spiro atoms. The number of aryl methyl sites for hydroxylation is 1. The van der Waals surface area contributed by atoms with Crippen LogP contribution in [0, 0.1) is 12.9 Å². The van der Waals surface area contributed by atoms with Crippen LogP contribution in [0.2, 0.25) is 0 Å². The molecule has 0 radical (unpaired) electrons. The predicted molar refractivity (Wildman–Crippen MR) is 92.8 cm³/mol. The zero-order valence-electron chi connectivity index (χ0n) is 14.8. The standard InChI is InChI=1S/C16H18FN5O4S/c1-10-5-11(6-18-15(10)17)16(25)20-27(2,26)13-7-19-22-4-3-21(8-12(13)22)14(24)9-23/h5-7,23H,3-4,8-9H2,1-2H3. The summed E-state index contributed by atoms with van der Waals surface area (Å²) >= 11 is 0. The van der Waals surface area contributed by atoms with Gasteiger partial charge in [0.1, 0.15) is 6.61 Å². The summed E-state index contributed by atoms with van der Waals surface area (Å²) in [7, 11) is -3.16. The van der Waals surface area contributed by atoms with Crippen molar-refractivity contribution >= 4 is 21.5 Å². The third-order valence-corrected chi connectivity index (χ3v) is 5.92. The van der Waals surface area contributed by atoms with Gasteiger partial charge in [0, 0.05) is 24.6 Å². The van der Waals surface area contributed by atoms with Gasteiger partial charge in [0.15, 0.2) is 0 Å². The van der Waals surface area contributed by atoms with E-state index in [4.69, 9.17) is 5.11 Å². The molecule has 0 fully saturated rings. The second kappa shape index (κ2) is 7.16. The number of hydrogen-bond acceptors (Lipinski definition) is 6. The van der Waals surface area contributed by atoms with E-state index >= 15 is 0 Å². The van der Waals surface area contributed by atoms with E-state index in [1.54, 1.807) is 4.68 Å². The van der Waals surface area contributed by atoms with Crippen LogP contribution in [-0.2, 0) is 27.6 Å². The summed E-state index contributed by atoms with van der Waals surface area (Å²) in [5, 5.41) is 13.2. The van der Waals surface area contributed by atoms with Gasteiger partial charge in [-0.1, -0.05) is 0 Å². The van der Waals surface area contributed by atoms with Crippen molar-refractivity contribution < 1.29 is 23.3 Å². The summed E-state index contributed by atoms with van der Waals surface area (Å²) in [6, 6.07) is 1.29. The summed E-state index contributed by atoms with van der Waals surface area (Å²) in [5.74, 6) is -1.92. The van der Waals surface area contributed by atoms with Crippen LogP contribution in [0.15, 0.2) is 27.7 Å². The molecule has 3 heterocycles. The van der Waals surface area contributed by atoms with Gasteiger partial charge in [-0.15, -0.1) is 0 Å². The molecular weight excluding hydrogens is 377 g/mol. The lowest BCUT2D eigenvalue weighted by molar-refractivity contribution is -0.135. The van der Waals surface area contributed by atoms with Gasteiger partial charge in [-0.25, -0.2) is 9.19 Å². The van der Waals surface area contributed by atoms with Crippen molar-refractivity contribution in [3.8, 4) is 0 Å². The number of aromatic nitrogens is 3. The first-order valence-corrected chi connectivity index (χ1v) is 9.97. The Labute approximate surface area is 155 Å². The normalized spacial score (nSPS) is 15.8. The largest absolute Gasteiger partial charge is 0.387 e. The molecular formula is C16H18FN5O4S. The van der Waals surface area contributed by atoms with Gasteiger partial charge in [0.05, 0.1) is 45.2 Å². The molecule has 0 aliphatic carbocycles. The first kappa shape index (κ1) is 19.1. The van der Waals surface area contributed by atoms with E-state index in [1.807, 2.05) is 0 Å². The first-order valence-electron chi connectivity index (χ1n) is 8.05. The van der Waals surface area contributed by atoms with Gasteiger partial charge in [-0.3, -0.25) is 14.3 Å². The number of carbonyl (C=O) groups excluding carboxylic acids is 2. The maximum Gasteiger partial charge on any atom is 0.286 e. The average molecular weight is 395 g/mol. The minimum atomic E-state index is -3.16. The molecule has 1 unspecified atom stereocenters. The Hall–Kier alpha value is -2.66. The molecule has 1 aliphatic heterocycles. The Balaban J connectivity index is 1.96. The van der Waals surface area contributed by atoms with Crippen LogP contribution >= 0.6 is 0 Å². The van der Waals surface area contributed by atoms with Crippen LogP contribution in [0.1, 0.15) is 21.6 Å². The van der Waals surface area contributed by atoms with Gasteiger partial charge < -0.3 is 10.0 Å². The van der Waals surface area contributed by atoms with Crippen LogP contribution in [0.3, 0.4) is 0 Å². The number of pyridine rings is 1. The molecule has 11 heteroatoms. The van der Waals surface area contributed by atoms with Gasteiger partial charge in [-0.05, 0) is 13.0 Å². The van der Waals surface area contributed by atoms with Crippen LogP contribution in [-0.4, -0.2) is 60.2 Å². The topological polar surface area (TPSA) is 118 Å². The van der Waals surface area contributed by atoms with Gasteiger partial charge in [0.2, 0.25) is 11.9 Å². The third-order valence-electron chi connectivity index (χ3n) is 4.25. The lowest BCUT2D eigenvalue weighted by Crippen LogP contribution is -2.40. The quantitative estimate of drug-likeness (QED) is 0.750. The number of carbonyl (C=O) groups is 2. The maximum atomic E-state index is 13.3. The number of rotatable bonds is 3. The minimum Gasteiger partial charge on any atom is -0.387 e. The van der Waals surface area contributed by atoms with E-state index in [1.165, 1.54) is 30.3 Å². The summed E-state index contributed by atoms with van der Waals surface area (Å²) in [4.78, 5) is 29.3. The van der Waals surface area contributed by atoms with Gasteiger partial charge in [0.25, 0.3) is 5.91 Å². The Kier molecular flexibility index (Phi) is 5.07. The van der Waals surface area contributed by atoms with E-state index in [9.17, 15) is 18.2 Å². The van der Waals surface area contributed by atoms with Gasteiger partial charge in [-0.2, -0.15) is 13.9 Å². The molecule has 0 saturated heterocycles. The fourth-order valence-corrected chi connectivity index (χ4v) is 4.16. The number of amides is 2. The maximum absolute atomic E-state index is 13.3. The first-order chi connectivity index (χ1) is 12.7. The number of aliphatic hydroxyl groups excluding tert-OH is 1. The fourth-order valence-electron chi connectivity index (χ4n) is 2.79. The van der Waals surface area contributed by atoms with E-state index in [0.29, 0.717) is 18.8 Å². The highest BCUT2D eigenvalue weighted by Crippen LogP contribution is 2.23. The van der Waals surface area contributed by atoms with E-state index < -0.39 is 34.1 Å². The van der Waals surface area contributed by atoms with Crippen molar-refractivity contribution in [2.75, 3.05) is 19.4 Å². The molecule has 0 bridgehead atoms. The molecule has 144 valence electrons. The second-order valence-electron chi connectivity index (χ2n) is 6.18. The Morgan fingerprint density at radius 1 is 1.37 bits per heavy atom. The van der Waals surface area contributed by atoms with Crippen LogP contribution in [0.5, 0.6) is 0 Å². The highest BCUT2D eigenvalue weighted by molar-refractivity contribution is 7.93. The number of nitrogens with zero attached hydrogens (tertiary/aromatic N) is 5. The zero-order chi connectivity index (χ0) is 19.8. The SMILES string of the molecule is Cc1cc(C(=O)N=S(C)(=O)c2cnn3c2CN(C(=O)CO)CC3)cnc1F. The Bertz CT molecular complexity index is 1040. The fraction of sp³-hybridized carbons (Fsp3) is 0.375. The smallest absolute Gasteiger partial charge is 0.286 e. The molecule has 0 saturated carbocycles. The zero-order valence-corrected chi connectivity index (χ0v) is 15.6. The van der Waals surface area contributed by atoms with Crippen LogP contribution in [0.4, 0.5) is 4.39 Å². The number of halogens is 1. The van der Waals surface area contributed by atoms with Crippen molar-refractivity contribution in [2.24, 2.45) is 4.36 Å². The highest BCUT2D eigenvalue weighted by Gasteiger charge is 2.27. The Morgan fingerprint density at radius 2 is 2.11 bits per heavy atom. The molecule has 1 atom stereocenters. The van der Waals surface area contributed by atoms with E-state index in [2.05, 4.69) is 14.4 Å². The van der Waals surface area contributed by atoms with Crippen molar-refractivity contribution in [3.05, 3.63) is 41.2 Å². The van der Waals surface area contributed by atoms with Crippen LogP contribution < -0.4 is 0 Å². The molecule has 27 heavy (non-hydrogen) atoms.